The summed E-state index contributed by atoms with van der Waals surface area (Å²) in [6, 6.07) is -0.897. The first-order valence-electron chi connectivity index (χ1n) is 4.99. The van der Waals surface area contributed by atoms with Gasteiger partial charge in [0.1, 0.15) is 6.04 Å². The van der Waals surface area contributed by atoms with Crippen molar-refractivity contribution in [1.29, 1.82) is 0 Å². The largest absolute Gasteiger partial charge is 0.480 e. The van der Waals surface area contributed by atoms with Crippen LogP contribution in [0.3, 0.4) is 0 Å². The lowest BCUT2D eigenvalue weighted by atomic mass is 10.3. The van der Waals surface area contributed by atoms with Gasteiger partial charge in [0.05, 0.1) is 5.75 Å². The molecule has 0 aliphatic carbocycles. The molecule has 1 heterocycles. The van der Waals surface area contributed by atoms with Crippen LogP contribution in [0.15, 0.2) is 4.52 Å². The van der Waals surface area contributed by atoms with Crippen LogP contribution in [0.4, 0.5) is 0 Å². The summed E-state index contributed by atoms with van der Waals surface area (Å²) in [4.78, 5) is 24.9. The second-order valence-electron chi connectivity index (χ2n) is 3.15. The zero-order valence-electron chi connectivity index (χ0n) is 9.25. The van der Waals surface area contributed by atoms with Gasteiger partial charge in [-0.05, 0) is 0 Å². The van der Waals surface area contributed by atoms with Crippen LogP contribution in [0.5, 0.6) is 0 Å². The fraction of sp³-hybridized carbons (Fsp3) is 0.556. The van der Waals surface area contributed by atoms with Gasteiger partial charge in [0.25, 0.3) is 0 Å². The number of amides is 1. The maximum absolute atomic E-state index is 10.7. The summed E-state index contributed by atoms with van der Waals surface area (Å²) in [5.74, 6) is 0.697. The number of aliphatic carboxylic acids is 1. The fourth-order valence-corrected chi connectivity index (χ4v) is 1.91. The molecule has 0 aliphatic rings. The predicted molar refractivity (Wildman–Crippen MR) is 60.5 cm³/mol. The van der Waals surface area contributed by atoms with Crippen molar-refractivity contribution in [3.05, 3.63) is 11.7 Å². The fourth-order valence-electron chi connectivity index (χ4n) is 1.03. The standard InChI is InChI=1S/C9H13N3O4S/c1-2-7-11-8(16-12-7)4-17-3-6(9(14)15)10-5-13/h5-6H,2-4H2,1H3,(H,10,13)(H,14,15). The molecule has 0 aliphatic heterocycles. The molecule has 0 saturated heterocycles. The van der Waals surface area contributed by atoms with E-state index in [1.165, 1.54) is 11.8 Å². The van der Waals surface area contributed by atoms with Crippen LogP contribution in [0.2, 0.25) is 0 Å². The molecule has 0 bridgehead atoms. The molecule has 0 spiro atoms. The van der Waals surface area contributed by atoms with Crippen molar-refractivity contribution < 1.29 is 19.2 Å². The summed E-state index contributed by atoms with van der Waals surface area (Å²) in [6.07, 6.45) is 1.07. The molecule has 7 nitrogen and oxygen atoms in total. The van der Waals surface area contributed by atoms with E-state index in [1.54, 1.807) is 0 Å². The Hall–Kier alpha value is -1.57. The Morgan fingerprint density at radius 2 is 2.47 bits per heavy atom. The number of hydrogen-bond acceptors (Lipinski definition) is 6. The van der Waals surface area contributed by atoms with Gasteiger partial charge in [-0.3, -0.25) is 4.79 Å². The number of rotatable bonds is 8. The summed E-state index contributed by atoms with van der Waals surface area (Å²) in [5, 5.41) is 14.7. The number of nitrogens with zero attached hydrogens (tertiary/aromatic N) is 2. The lowest BCUT2D eigenvalue weighted by Crippen LogP contribution is -2.37. The van der Waals surface area contributed by atoms with Crippen molar-refractivity contribution in [1.82, 2.24) is 15.5 Å². The highest BCUT2D eigenvalue weighted by molar-refractivity contribution is 7.98. The Labute approximate surface area is 102 Å². The number of carboxylic acids is 1. The van der Waals surface area contributed by atoms with E-state index >= 15 is 0 Å². The molecule has 8 heteroatoms. The molecule has 17 heavy (non-hydrogen) atoms. The van der Waals surface area contributed by atoms with E-state index in [4.69, 9.17) is 9.63 Å². The third kappa shape index (κ3) is 4.43. The molecule has 0 aromatic carbocycles. The Bertz CT molecular complexity index is 382. The second-order valence-corrected chi connectivity index (χ2v) is 4.18. The molecule has 1 unspecified atom stereocenters. The highest BCUT2D eigenvalue weighted by atomic mass is 32.2. The minimum Gasteiger partial charge on any atom is -0.480 e. The van der Waals surface area contributed by atoms with Gasteiger partial charge in [-0.15, -0.1) is 11.8 Å². The summed E-state index contributed by atoms with van der Waals surface area (Å²) < 4.78 is 4.94. The molecule has 2 N–H and O–H groups in total. The monoisotopic (exact) mass is 259 g/mol. The van der Waals surface area contributed by atoms with Crippen molar-refractivity contribution in [2.75, 3.05) is 5.75 Å². The van der Waals surface area contributed by atoms with Gasteiger partial charge >= 0.3 is 5.97 Å². The summed E-state index contributed by atoms with van der Waals surface area (Å²) in [5.41, 5.74) is 0. The molecule has 0 fully saturated rings. The average Bonchev–Trinajstić information content (AvgIpc) is 2.75. The van der Waals surface area contributed by atoms with Crippen LogP contribution in [-0.2, 0) is 21.8 Å². The van der Waals surface area contributed by atoms with E-state index in [2.05, 4.69) is 15.5 Å². The van der Waals surface area contributed by atoms with Crippen LogP contribution < -0.4 is 5.32 Å². The Morgan fingerprint density at radius 1 is 1.71 bits per heavy atom. The minimum atomic E-state index is -1.07. The lowest BCUT2D eigenvalue weighted by Gasteiger charge is -2.08. The molecular weight excluding hydrogens is 246 g/mol. The Morgan fingerprint density at radius 3 is 3.00 bits per heavy atom. The smallest absolute Gasteiger partial charge is 0.327 e. The summed E-state index contributed by atoms with van der Waals surface area (Å²) in [6.45, 7) is 1.91. The number of nitrogens with one attached hydrogen (secondary N) is 1. The zero-order chi connectivity index (χ0) is 12.7. The topological polar surface area (TPSA) is 105 Å². The van der Waals surface area contributed by atoms with Crippen LogP contribution in [0, 0.1) is 0 Å². The number of aromatic nitrogens is 2. The third-order valence-electron chi connectivity index (χ3n) is 1.90. The molecular formula is C9H13N3O4S. The highest BCUT2D eigenvalue weighted by Crippen LogP contribution is 2.11. The van der Waals surface area contributed by atoms with Gasteiger partial charge in [0.15, 0.2) is 5.82 Å². The molecule has 1 aromatic rings. The van der Waals surface area contributed by atoms with Crippen molar-refractivity contribution >= 4 is 24.1 Å². The van der Waals surface area contributed by atoms with Gasteiger partial charge in [-0.25, -0.2) is 4.79 Å². The summed E-state index contributed by atoms with van der Waals surface area (Å²) in [7, 11) is 0. The molecule has 0 radical (unpaired) electrons. The minimum absolute atomic E-state index is 0.248. The van der Waals surface area contributed by atoms with Gasteiger partial charge in [-0.2, -0.15) is 4.98 Å². The number of carbonyl (C=O) groups excluding carboxylic acids is 1. The number of carboxylic acid groups (broad SMARTS) is 1. The molecule has 0 saturated carbocycles. The van der Waals surface area contributed by atoms with E-state index in [0.29, 0.717) is 30.3 Å². The van der Waals surface area contributed by atoms with E-state index in [1.807, 2.05) is 6.92 Å². The lowest BCUT2D eigenvalue weighted by molar-refractivity contribution is -0.139. The van der Waals surface area contributed by atoms with E-state index < -0.39 is 12.0 Å². The first-order chi connectivity index (χ1) is 8.17. The number of carbonyl (C=O) groups is 2. The van der Waals surface area contributed by atoms with Gasteiger partial charge < -0.3 is 14.9 Å². The number of aryl methyl sites for hydroxylation is 1. The normalized spacial score (nSPS) is 12.1. The Kier molecular flexibility index (Phi) is 5.47. The SMILES string of the molecule is CCc1noc(CSCC(NC=O)C(=O)O)n1. The van der Waals surface area contributed by atoms with E-state index in [9.17, 15) is 9.59 Å². The average molecular weight is 259 g/mol. The predicted octanol–water partition coefficient (Wildman–Crippen LogP) is 0.0644. The number of hydrogen-bond donors (Lipinski definition) is 2. The highest BCUT2D eigenvalue weighted by Gasteiger charge is 2.16. The molecule has 1 aromatic heterocycles. The van der Waals surface area contributed by atoms with Gasteiger partial charge in [0.2, 0.25) is 12.3 Å². The van der Waals surface area contributed by atoms with E-state index in [-0.39, 0.29) is 5.75 Å². The van der Waals surface area contributed by atoms with Gasteiger partial charge in [-0.1, -0.05) is 12.1 Å². The first-order valence-corrected chi connectivity index (χ1v) is 6.14. The molecule has 1 amide bonds. The summed E-state index contributed by atoms with van der Waals surface area (Å²) >= 11 is 1.31. The number of thioether (sulfide) groups is 1. The zero-order valence-corrected chi connectivity index (χ0v) is 10.1. The second kappa shape index (κ2) is 6.89. The molecule has 1 rings (SSSR count). The Balaban J connectivity index is 2.35. The maximum atomic E-state index is 10.7. The first kappa shape index (κ1) is 13.5. The van der Waals surface area contributed by atoms with Crippen molar-refractivity contribution in [2.45, 2.75) is 25.1 Å². The van der Waals surface area contributed by atoms with Crippen LogP contribution in [-0.4, -0.2) is 39.4 Å². The van der Waals surface area contributed by atoms with Crippen molar-refractivity contribution in [2.24, 2.45) is 0 Å². The van der Waals surface area contributed by atoms with Crippen molar-refractivity contribution in [3.63, 3.8) is 0 Å². The van der Waals surface area contributed by atoms with Crippen molar-refractivity contribution in [3.8, 4) is 0 Å². The molecule has 1 atom stereocenters. The quantitative estimate of drug-likeness (QED) is 0.636. The van der Waals surface area contributed by atoms with Crippen LogP contribution in [0.25, 0.3) is 0 Å². The van der Waals surface area contributed by atoms with Crippen LogP contribution in [0.1, 0.15) is 18.6 Å². The third-order valence-corrected chi connectivity index (χ3v) is 2.92. The molecule has 94 valence electrons. The van der Waals surface area contributed by atoms with E-state index in [0.717, 1.165) is 0 Å². The van der Waals surface area contributed by atoms with Crippen LogP contribution >= 0.6 is 11.8 Å². The van der Waals surface area contributed by atoms with Gasteiger partial charge in [0, 0.05) is 12.2 Å². The maximum Gasteiger partial charge on any atom is 0.327 e.